The van der Waals surface area contributed by atoms with E-state index in [4.69, 9.17) is 16.3 Å². The van der Waals surface area contributed by atoms with Gasteiger partial charge in [-0.3, -0.25) is 0 Å². The van der Waals surface area contributed by atoms with Crippen LogP contribution < -0.4 is 4.74 Å². The van der Waals surface area contributed by atoms with E-state index in [1.807, 2.05) is 32.0 Å². The molecule has 2 aromatic rings. The average Bonchev–Trinajstić information content (AvgIpc) is 2.34. The Hall–Kier alpha value is -1.54. The smallest absolute Gasteiger partial charge is 0.132 e. The van der Waals surface area contributed by atoms with Crippen LogP contribution in [0.1, 0.15) is 16.7 Å². The SMILES string of the molecule is Cc1ccc(Oc2ccc(F)cc2CCl)c(C)c1. The van der Waals surface area contributed by atoms with Crippen molar-refractivity contribution in [2.24, 2.45) is 0 Å². The van der Waals surface area contributed by atoms with Crippen LogP contribution in [0.4, 0.5) is 4.39 Å². The Balaban J connectivity index is 2.33. The van der Waals surface area contributed by atoms with E-state index in [2.05, 4.69) is 0 Å². The molecule has 18 heavy (non-hydrogen) atoms. The van der Waals surface area contributed by atoms with E-state index in [1.165, 1.54) is 17.7 Å². The van der Waals surface area contributed by atoms with Crippen LogP contribution in [0, 0.1) is 19.7 Å². The molecule has 0 saturated heterocycles. The van der Waals surface area contributed by atoms with Gasteiger partial charge in [0, 0.05) is 5.56 Å². The standard InChI is InChI=1S/C15H14ClFO/c1-10-3-5-14(11(2)7-10)18-15-6-4-13(17)8-12(15)9-16/h3-8H,9H2,1-2H3. The molecule has 0 bridgehead atoms. The largest absolute Gasteiger partial charge is 0.457 e. The summed E-state index contributed by atoms with van der Waals surface area (Å²) in [5, 5.41) is 0. The number of hydrogen-bond donors (Lipinski definition) is 0. The zero-order valence-electron chi connectivity index (χ0n) is 10.3. The van der Waals surface area contributed by atoms with Gasteiger partial charge in [-0.05, 0) is 43.7 Å². The van der Waals surface area contributed by atoms with Crippen molar-refractivity contribution in [1.82, 2.24) is 0 Å². The molecule has 0 aliphatic carbocycles. The van der Waals surface area contributed by atoms with Gasteiger partial charge in [-0.15, -0.1) is 11.6 Å². The molecular weight excluding hydrogens is 251 g/mol. The monoisotopic (exact) mass is 264 g/mol. The fourth-order valence-corrected chi connectivity index (χ4v) is 1.99. The molecule has 0 N–H and O–H groups in total. The Kier molecular flexibility index (Phi) is 3.87. The topological polar surface area (TPSA) is 9.23 Å². The van der Waals surface area contributed by atoms with Crippen molar-refractivity contribution in [1.29, 1.82) is 0 Å². The van der Waals surface area contributed by atoms with Crippen molar-refractivity contribution in [3.8, 4) is 11.5 Å². The molecule has 3 heteroatoms. The first-order valence-electron chi connectivity index (χ1n) is 5.69. The highest BCUT2D eigenvalue weighted by molar-refractivity contribution is 6.17. The highest BCUT2D eigenvalue weighted by Crippen LogP contribution is 2.29. The first kappa shape index (κ1) is 12.9. The van der Waals surface area contributed by atoms with Crippen LogP contribution in [-0.2, 0) is 5.88 Å². The zero-order valence-corrected chi connectivity index (χ0v) is 11.1. The Labute approximate surface area is 111 Å². The second-order valence-corrected chi connectivity index (χ2v) is 4.52. The molecule has 0 atom stereocenters. The van der Waals surface area contributed by atoms with Crippen molar-refractivity contribution in [2.45, 2.75) is 19.7 Å². The fraction of sp³-hybridized carbons (Fsp3) is 0.200. The van der Waals surface area contributed by atoms with E-state index >= 15 is 0 Å². The third kappa shape index (κ3) is 2.82. The summed E-state index contributed by atoms with van der Waals surface area (Å²) in [6.07, 6.45) is 0. The third-order valence-corrected chi connectivity index (χ3v) is 3.00. The molecule has 2 aromatic carbocycles. The maximum Gasteiger partial charge on any atom is 0.132 e. The lowest BCUT2D eigenvalue weighted by Gasteiger charge is -2.12. The summed E-state index contributed by atoms with van der Waals surface area (Å²) in [7, 11) is 0. The van der Waals surface area contributed by atoms with Crippen LogP contribution in [0.15, 0.2) is 36.4 Å². The number of alkyl halides is 1. The average molecular weight is 265 g/mol. The van der Waals surface area contributed by atoms with E-state index in [0.717, 1.165) is 11.3 Å². The Bertz CT molecular complexity index is 566. The first-order valence-corrected chi connectivity index (χ1v) is 6.23. The lowest BCUT2D eigenvalue weighted by molar-refractivity contribution is 0.472. The van der Waals surface area contributed by atoms with Crippen molar-refractivity contribution < 1.29 is 9.13 Å². The van der Waals surface area contributed by atoms with Crippen molar-refractivity contribution in [3.05, 3.63) is 58.9 Å². The van der Waals surface area contributed by atoms with Crippen LogP contribution in [-0.4, -0.2) is 0 Å². The molecule has 0 amide bonds. The molecule has 0 heterocycles. The van der Waals surface area contributed by atoms with Gasteiger partial charge in [-0.25, -0.2) is 4.39 Å². The van der Waals surface area contributed by atoms with Gasteiger partial charge < -0.3 is 4.74 Å². The number of hydrogen-bond acceptors (Lipinski definition) is 1. The minimum atomic E-state index is -0.307. The van der Waals surface area contributed by atoms with E-state index in [1.54, 1.807) is 6.07 Å². The van der Waals surface area contributed by atoms with Crippen LogP contribution in [0.25, 0.3) is 0 Å². The predicted molar refractivity (Wildman–Crippen MR) is 71.9 cm³/mol. The van der Waals surface area contributed by atoms with Gasteiger partial charge in [0.25, 0.3) is 0 Å². The molecule has 0 saturated carbocycles. The number of rotatable bonds is 3. The Morgan fingerprint density at radius 2 is 1.78 bits per heavy atom. The summed E-state index contributed by atoms with van der Waals surface area (Å²) in [6.45, 7) is 4.01. The summed E-state index contributed by atoms with van der Waals surface area (Å²) in [5.74, 6) is 1.27. The van der Waals surface area contributed by atoms with Crippen molar-refractivity contribution >= 4 is 11.6 Å². The summed E-state index contributed by atoms with van der Waals surface area (Å²) < 4.78 is 18.9. The van der Waals surface area contributed by atoms with Crippen molar-refractivity contribution in [3.63, 3.8) is 0 Å². The second-order valence-electron chi connectivity index (χ2n) is 4.26. The third-order valence-electron chi connectivity index (χ3n) is 2.72. The fourth-order valence-electron chi connectivity index (χ4n) is 1.78. The molecule has 1 nitrogen and oxygen atoms in total. The molecule has 2 rings (SSSR count). The van der Waals surface area contributed by atoms with E-state index < -0.39 is 0 Å². The molecule has 0 unspecified atom stereocenters. The first-order chi connectivity index (χ1) is 8.60. The second kappa shape index (κ2) is 5.40. The zero-order chi connectivity index (χ0) is 13.1. The molecule has 0 aliphatic heterocycles. The Morgan fingerprint density at radius 3 is 2.44 bits per heavy atom. The van der Waals surface area contributed by atoms with Gasteiger partial charge in [-0.1, -0.05) is 17.7 Å². The lowest BCUT2D eigenvalue weighted by atomic mass is 10.1. The Morgan fingerprint density at radius 1 is 1.06 bits per heavy atom. The van der Waals surface area contributed by atoms with E-state index in [-0.39, 0.29) is 11.7 Å². The van der Waals surface area contributed by atoms with Gasteiger partial charge >= 0.3 is 0 Å². The van der Waals surface area contributed by atoms with E-state index in [9.17, 15) is 4.39 Å². The lowest BCUT2D eigenvalue weighted by Crippen LogP contribution is -1.93. The molecule has 0 aliphatic rings. The maximum absolute atomic E-state index is 13.1. The van der Waals surface area contributed by atoms with Crippen LogP contribution in [0.3, 0.4) is 0 Å². The summed E-state index contributed by atoms with van der Waals surface area (Å²) in [6, 6.07) is 10.3. The van der Waals surface area contributed by atoms with Crippen LogP contribution in [0.5, 0.6) is 11.5 Å². The molecular formula is C15H14ClFO. The normalized spacial score (nSPS) is 10.4. The summed E-state index contributed by atoms with van der Waals surface area (Å²) >= 11 is 5.79. The number of aryl methyl sites for hydroxylation is 2. The maximum atomic E-state index is 13.1. The summed E-state index contributed by atoms with van der Waals surface area (Å²) in [4.78, 5) is 0. The number of benzene rings is 2. The minimum Gasteiger partial charge on any atom is -0.457 e. The van der Waals surface area contributed by atoms with Crippen LogP contribution >= 0.6 is 11.6 Å². The van der Waals surface area contributed by atoms with Crippen molar-refractivity contribution in [2.75, 3.05) is 0 Å². The molecule has 0 fully saturated rings. The van der Waals surface area contributed by atoms with Crippen LogP contribution in [0.2, 0.25) is 0 Å². The molecule has 94 valence electrons. The quantitative estimate of drug-likeness (QED) is 0.711. The minimum absolute atomic E-state index is 0.220. The van der Waals surface area contributed by atoms with Gasteiger partial charge in [0.05, 0.1) is 5.88 Å². The number of ether oxygens (including phenoxy) is 1. The van der Waals surface area contributed by atoms with Gasteiger partial charge in [-0.2, -0.15) is 0 Å². The molecule has 0 spiro atoms. The number of halogens is 2. The highest BCUT2D eigenvalue weighted by Gasteiger charge is 2.07. The predicted octanol–water partition coefficient (Wildman–Crippen LogP) is 4.97. The molecule has 0 radical (unpaired) electrons. The van der Waals surface area contributed by atoms with Gasteiger partial charge in [0.2, 0.25) is 0 Å². The van der Waals surface area contributed by atoms with Gasteiger partial charge in [0.1, 0.15) is 17.3 Å². The van der Waals surface area contributed by atoms with Gasteiger partial charge in [0.15, 0.2) is 0 Å². The van der Waals surface area contributed by atoms with E-state index in [0.29, 0.717) is 11.3 Å². The highest BCUT2D eigenvalue weighted by atomic mass is 35.5. The molecule has 0 aromatic heterocycles. The summed E-state index contributed by atoms with van der Waals surface area (Å²) in [5.41, 5.74) is 2.87.